The maximum atomic E-state index is 2.50. The van der Waals surface area contributed by atoms with Crippen LogP contribution in [0.3, 0.4) is 0 Å². The molecule has 1 heteroatoms. The summed E-state index contributed by atoms with van der Waals surface area (Å²) >= 11 is 0. The van der Waals surface area contributed by atoms with E-state index in [2.05, 4.69) is 83.2 Å². The van der Waals surface area contributed by atoms with Crippen LogP contribution in [-0.4, -0.2) is 9.52 Å². The Balaban J connectivity index is 1.92. The molecule has 0 bridgehead atoms. The van der Waals surface area contributed by atoms with Crippen molar-refractivity contribution in [3.8, 4) is 0 Å². The number of hydrogen-bond donors (Lipinski definition) is 0. The summed E-state index contributed by atoms with van der Waals surface area (Å²) in [5, 5.41) is 2.16. The van der Waals surface area contributed by atoms with Crippen LogP contribution in [0.1, 0.15) is 43.9 Å². The molecule has 0 saturated heterocycles. The van der Waals surface area contributed by atoms with Crippen molar-refractivity contribution in [2.45, 2.75) is 46.1 Å². The third-order valence-electron chi connectivity index (χ3n) is 5.31. The third-order valence-corrected chi connectivity index (χ3v) is 8.20. The van der Waals surface area contributed by atoms with E-state index in [1.165, 1.54) is 28.7 Å². The average molecular weight is 321 g/mol. The van der Waals surface area contributed by atoms with Gasteiger partial charge >= 0.3 is 0 Å². The molecule has 3 rings (SSSR count). The molecule has 0 N–H and O–H groups in total. The molecular weight excluding hydrogens is 292 g/mol. The van der Waals surface area contributed by atoms with Crippen molar-refractivity contribution in [3.05, 3.63) is 76.0 Å². The molecule has 0 amide bonds. The first-order chi connectivity index (χ1) is 10.9. The molecule has 0 nitrogen and oxygen atoms in total. The maximum absolute atomic E-state index is 2.50. The number of allylic oxidation sites excluding steroid dienone is 8. The summed E-state index contributed by atoms with van der Waals surface area (Å²) in [6.45, 7) is 11.6. The summed E-state index contributed by atoms with van der Waals surface area (Å²) in [4.78, 5) is 0. The zero-order chi connectivity index (χ0) is 16.6. The largest absolute Gasteiger partial charge is 0.0840 e. The Labute approximate surface area is 143 Å². The third kappa shape index (κ3) is 3.35. The quantitative estimate of drug-likeness (QED) is 0.647. The Bertz CT molecular complexity index is 725. The van der Waals surface area contributed by atoms with Gasteiger partial charge in [0, 0.05) is 0 Å². The Morgan fingerprint density at radius 2 is 1.74 bits per heavy atom. The van der Waals surface area contributed by atoms with E-state index in [0.717, 1.165) is 0 Å². The van der Waals surface area contributed by atoms with E-state index in [1.807, 2.05) is 0 Å². The minimum Gasteiger partial charge on any atom is -0.0840 e. The zero-order valence-electron chi connectivity index (χ0n) is 15.1. The smallest absolute Gasteiger partial charge is 0.0615 e. The van der Waals surface area contributed by atoms with Crippen molar-refractivity contribution in [1.29, 1.82) is 0 Å². The van der Waals surface area contributed by atoms with Crippen molar-refractivity contribution in [1.82, 2.24) is 0 Å². The Morgan fingerprint density at radius 3 is 2.35 bits per heavy atom. The van der Waals surface area contributed by atoms with Crippen LogP contribution in [0.25, 0.3) is 5.57 Å². The molecule has 2 unspecified atom stereocenters. The van der Waals surface area contributed by atoms with E-state index in [-0.39, 0.29) is 9.52 Å². The van der Waals surface area contributed by atoms with Crippen LogP contribution in [0, 0.1) is 19.8 Å². The molecule has 0 saturated carbocycles. The molecule has 2 atom stereocenters. The Morgan fingerprint density at radius 1 is 1.04 bits per heavy atom. The molecule has 23 heavy (non-hydrogen) atoms. The van der Waals surface area contributed by atoms with Crippen LogP contribution in [0.2, 0.25) is 5.04 Å². The SMILES string of the molecule is CC1=C([SiH2]C2(C)C=CC=CC2)C(C)C=C1c1cc(C)cc(C)c1. The van der Waals surface area contributed by atoms with E-state index < -0.39 is 0 Å². The topological polar surface area (TPSA) is 0 Å². The summed E-state index contributed by atoms with van der Waals surface area (Å²) in [6.07, 6.45) is 12.9. The molecule has 0 radical (unpaired) electrons. The fourth-order valence-corrected chi connectivity index (χ4v) is 6.39. The molecule has 2 aliphatic carbocycles. The van der Waals surface area contributed by atoms with E-state index in [9.17, 15) is 0 Å². The van der Waals surface area contributed by atoms with Crippen LogP contribution in [0.15, 0.2) is 59.3 Å². The molecule has 0 aromatic heterocycles. The zero-order valence-corrected chi connectivity index (χ0v) is 16.5. The van der Waals surface area contributed by atoms with Crippen LogP contribution in [0.4, 0.5) is 0 Å². The predicted octanol–water partition coefficient (Wildman–Crippen LogP) is 5.47. The lowest BCUT2D eigenvalue weighted by molar-refractivity contribution is 0.747. The Hall–Kier alpha value is -1.60. The molecule has 0 heterocycles. The first-order valence-corrected chi connectivity index (χ1v) is 10.1. The second-order valence-corrected chi connectivity index (χ2v) is 10.4. The minimum atomic E-state index is -0.316. The van der Waals surface area contributed by atoms with Crippen molar-refractivity contribution < 1.29 is 0 Å². The van der Waals surface area contributed by atoms with E-state index in [4.69, 9.17) is 0 Å². The number of hydrogen-bond acceptors (Lipinski definition) is 0. The summed E-state index contributed by atoms with van der Waals surface area (Å²) in [5.74, 6) is 0.605. The number of benzene rings is 1. The van der Waals surface area contributed by atoms with Gasteiger partial charge in [0.1, 0.15) is 0 Å². The number of aryl methyl sites for hydroxylation is 2. The highest BCUT2D eigenvalue weighted by Gasteiger charge is 2.29. The maximum Gasteiger partial charge on any atom is 0.0615 e. The highest BCUT2D eigenvalue weighted by molar-refractivity contribution is 6.51. The van der Waals surface area contributed by atoms with Crippen LogP contribution >= 0.6 is 0 Å². The van der Waals surface area contributed by atoms with Gasteiger partial charge in [0.25, 0.3) is 0 Å². The van der Waals surface area contributed by atoms with Crippen molar-refractivity contribution in [2.75, 3.05) is 0 Å². The molecule has 120 valence electrons. The standard InChI is InChI=1S/C22H28Si/c1-15-11-16(2)13-19(12-15)20-14-17(3)21(18(20)4)23-22(5)9-7-6-8-10-22/h6-9,11-14,17H,10,23H2,1-5H3. The first-order valence-electron chi connectivity index (χ1n) is 8.73. The van der Waals surface area contributed by atoms with Crippen molar-refractivity contribution in [3.63, 3.8) is 0 Å². The summed E-state index contributed by atoms with van der Waals surface area (Å²) in [5.41, 5.74) is 7.16. The van der Waals surface area contributed by atoms with Gasteiger partial charge in [-0.05, 0) is 54.9 Å². The minimum absolute atomic E-state index is 0.316. The molecule has 0 spiro atoms. The van der Waals surface area contributed by atoms with Gasteiger partial charge in [0.15, 0.2) is 0 Å². The Kier molecular flexibility index (Phi) is 4.33. The average Bonchev–Trinajstić information content (AvgIpc) is 2.75. The summed E-state index contributed by atoms with van der Waals surface area (Å²) in [6, 6.07) is 6.94. The van der Waals surface area contributed by atoms with E-state index in [1.54, 1.807) is 10.8 Å². The van der Waals surface area contributed by atoms with Gasteiger partial charge < -0.3 is 0 Å². The van der Waals surface area contributed by atoms with Crippen LogP contribution in [-0.2, 0) is 0 Å². The van der Waals surface area contributed by atoms with Gasteiger partial charge in [0.05, 0.1) is 9.52 Å². The second-order valence-electron chi connectivity index (χ2n) is 7.72. The summed E-state index contributed by atoms with van der Waals surface area (Å²) in [7, 11) is -0.316. The molecule has 0 fully saturated rings. The van der Waals surface area contributed by atoms with Crippen molar-refractivity contribution >= 4 is 15.1 Å². The van der Waals surface area contributed by atoms with Gasteiger partial charge in [-0.25, -0.2) is 0 Å². The molecule has 2 aliphatic rings. The second kappa shape index (κ2) is 6.12. The normalized spacial score (nSPS) is 27.3. The van der Waals surface area contributed by atoms with Gasteiger partial charge in [-0.2, -0.15) is 0 Å². The highest BCUT2D eigenvalue weighted by atomic mass is 28.2. The van der Waals surface area contributed by atoms with Gasteiger partial charge in [-0.1, -0.05) is 78.7 Å². The van der Waals surface area contributed by atoms with E-state index in [0.29, 0.717) is 11.0 Å². The molecule has 0 aliphatic heterocycles. The van der Waals surface area contributed by atoms with Crippen LogP contribution < -0.4 is 0 Å². The van der Waals surface area contributed by atoms with Gasteiger partial charge in [-0.15, -0.1) is 0 Å². The van der Waals surface area contributed by atoms with Crippen LogP contribution in [0.5, 0.6) is 0 Å². The highest BCUT2D eigenvalue weighted by Crippen LogP contribution is 2.43. The molecule has 1 aromatic rings. The van der Waals surface area contributed by atoms with E-state index >= 15 is 0 Å². The predicted molar refractivity (Wildman–Crippen MR) is 106 cm³/mol. The van der Waals surface area contributed by atoms with Gasteiger partial charge in [0.2, 0.25) is 0 Å². The lowest BCUT2D eigenvalue weighted by Crippen LogP contribution is -2.20. The lowest BCUT2D eigenvalue weighted by atomic mass is 9.98. The van der Waals surface area contributed by atoms with Crippen molar-refractivity contribution in [2.24, 2.45) is 5.92 Å². The summed E-state index contributed by atoms with van der Waals surface area (Å²) < 4.78 is 0. The fraction of sp³-hybridized carbons (Fsp3) is 0.364. The van der Waals surface area contributed by atoms with Gasteiger partial charge in [-0.3, -0.25) is 0 Å². The fourth-order valence-electron chi connectivity index (χ4n) is 4.06. The first kappa shape index (κ1) is 16.3. The lowest BCUT2D eigenvalue weighted by Gasteiger charge is -2.28. The molecular formula is C22H28Si. The number of rotatable bonds is 3. The molecule has 1 aromatic carbocycles. The monoisotopic (exact) mass is 320 g/mol.